The first kappa shape index (κ1) is 20.4. The van der Waals surface area contributed by atoms with Gasteiger partial charge in [0, 0.05) is 65.3 Å². The molecule has 0 amide bonds. The number of hydrogen-bond donors (Lipinski definition) is 1. The molecule has 3 heterocycles. The van der Waals surface area contributed by atoms with E-state index in [1.807, 2.05) is 18.3 Å². The normalized spacial score (nSPS) is 11.6. The minimum Gasteiger partial charge on any atom is -0.497 e. The highest BCUT2D eigenvalue weighted by Gasteiger charge is 2.28. The Morgan fingerprint density at radius 1 is 0.765 bits per heavy atom. The molecule has 34 heavy (non-hydrogen) atoms. The van der Waals surface area contributed by atoms with E-state index in [9.17, 15) is 0 Å². The Kier molecular flexibility index (Phi) is 4.77. The predicted octanol–water partition coefficient (Wildman–Crippen LogP) is 6.25. The second kappa shape index (κ2) is 7.96. The summed E-state index contributed by atoms with van der Waals surface area (Å²) in [6.07, 6.45) is 6.50. The Labute approximate surface area is 198 Å². The highest BCUT2D eigenvalue weighted by molar-refractivity contribution is 5.90. The number of hydrogen-bond acceptors (Lipinski definition) is 2. The van der Waals surface area contributed by atoms with Gasteiger partial charge in [0.1, 0.15) is 5.75 Å². The van der Waals surface area contributed by atoms with Crippen LogP contribution in [-0.4, -0.2) is 26.4 Å². The van der Waals surface area contributed by atoms with Gasteiger partial charge in [-0.2, -0.15) is 5.10 Å². The van der Waals surface area contributed by atoms with Gasteiger partial charge in [-0.25, -0.2) is 0 Å². The third-order valence-electron chi connectivity index (χ3n) is 6.82. The van der Waals surface area contributed by atoms with E-state index in [1.165, 1.54) is 32.9 Å². The molecule has 0 aliphatic heterocycles. The average Bonchev–Trinajstić information content (AvgIpc) is 3.58. The van der Waals surface area contributed by atoms with Crippen molar-refractivity contribution in [1.29, 1.82) is 0 Å². The molecule has 6 rings (SSSR count). The number of methoxy groups -OCH3 is 1. The molecule has 3 aromatic carbocycles. The van der Waals surface area contributed by atoms with Gasteiger partial charge in [0.05, 0.1) is 19.0 Å². The van der Waals surface area contributed by atoms with E-state index in [2.05, 4.69) is 106 Å². The molecule has 0 saturated heterocycles. The van der Waals surface area contributed by atoms with E-state index in [0.717, 1.165) is 22.6 Å². The number of aromatic nitrogens is 4. The first-order valence-electron chi connectivity index (χ1n) is 11.4. The predicted molar refractivity (Wildman–Crippen MR) is 137 cm³/mol. The van der Waals surface area contributed by atoms with Crippen molar-refractivity contribution in [3.8, 4) is 17.0 Å². The Morgan fingerprint density at radius 3 is 2.00 bits per heavy atom. The Morgan fingerprint density at radius 2 is 1.38 bits per heavy atom. The van der Waals surface area contributed by atoms with E-state index in [1.54, 1.807) is 7.11 Å². The third kappa shape index (κ3) is 3.12. The monoisotopic (exact) mass is 446 g/mol. The van der Waals surface area contributed by atoms with Crippen LogP contribution >= 0.6 is 0 Å². The van der Waals surface area contributed by atoms with Crippen LogP contribution in [0.1, 0.15) is 22.6 Å². The van der Waals surface area contributed by atoms with Gasteiger partial charge in [0.15, 0.2) is 0 Å². The zero-order chi connectivity index (χ0) is 23.2. The standard InChI is InChI=1S/C29H26N4O/c1-32-17-24(21-11-4-6-13-26(21)32)28(25-18-33(2)27-14-7-5-12-22(25)27)23-16-30-31-29(23)19-9-8-10-20(15-19)34-3/h4-18,28H,1-3H3,(H,30,31). The number of fused-ring (bicyclic) bond motifs is 2. The van der Waals surface area contributed by atoms with Gasteiger partial charge >= 0.3 is 0 Å². The fourth-order valence-electron chi connectivity index (χ4n) is 5.23. The number of aryl methyl sites for hydroxylation is 2. The maximum absolute atomic E-state index is 5.50. The van der Waals surface area contributed by atoms with E-state index < -0.39 is 0 Å². The third-order valence-corrected chi connectivity index (χ3v) is 6.82. The number of aromatic amines is 1. The summed E-state index contributed by atoms with van der Waals surface area (Å²) in [5.74, 6) is 0.821. The average molecular weight is 447 g/mol. The molecular formula is C29H26N4O. The van der Waals surface area contributed by atoms with Crippen LogP contribution in [0.25, 0.3) is 33.1 Å². The zero-order valence-corrected chi connectivity index (χ0v) is 19.5. The molecule has 0 saturated carbocycles. The summed E-state index contributed by atoms with van der Waals surface area (Å²) in [5, 5.41) is 10.3. The number of ether oxygens (including phenoxy) is 1. The summed E-state index contributed by atoms with van der Waals surface area (Å²) in [5.41, 5.74) is 8.16. The lowest BCUT2D eigenvalue weighted by Gasteiger charge is -2.18. The summed E-state index contributed by atoms with van der Waals surface area (Å²) in [6, 6.07) is 25.3. The van der Waals surface area contributed by atoms with Crippen molar-refractivity contribution in [2.75, 3.05) is 7.11 Å². The molecule has 5 heteroatoms. The van der Waals surface area contributed by atoms with Crippen molar-refractivity contribution in [1.82, 2.24) is 19.3 Å². The van der Waals surface area contributed by atoms with Crippen LogP contribution in [-0.2, 0) is 14.1 Å². The highest BCUT2D eigenvalue weighted by atomic mass is 16.5. The number of nitrogens with one attached hydrogen (secondary N) is 1. The summed E-state index contributed by atoms with van der Waals surface area (Å²) >= 11 is 0. The Balaban J connectivity index is 1.66. The largest absolute Gasteiger partial charge is 0.497 e. The van der Waals surface area contributed by atoms with E-state index in [0.29, 0.717) is 0 Å². The Bertz CT molecular complexity index is 1550. The van der Waals surface area contributed by atoms with Gasteiger partial charge in [-0.1, -0.05) is 48.5 Å². The second-order valence-corrected chi connectivity index (χ2v) is 8.79. The van der Waals surface area contributed by atoms with Crippen molar-refractivity contribution >= 4 is 21.8 Å². The lowest BCUT2D eigenvalue weighted by molar-refractivity contribution is 0.415. The van der Waals surface area contributed by atoms with Crippen molar-refractivity contribution < 1.29 is 4.74 Å². The molecule has 0 radical (unpaired) electrons. The molecular weight excluding hydrogens is 420 g/mol. The number of para-hydroxylation sites is 2. The SMILES string of the molecule is COc1cccc(-c2[nH]ncc2C(c2cn(C)c3ccccc23)c2cn(C)c3ccccc23)c1. The van der Waals surface area contributed by atoms with Crippen molar-refractivity contribution in [2.24, 2.45) is 14.1 Å². The second-order valence-electron chi connectivity index (χ2n) is 8.79. The quantitative estimate of drug-likeness (QED) is 0.340. The lowest BCUT2D eigenvalue weighted by Crippen LogP contribution is -2.04. The van der Waals surface area contributed by atoms with Crippen molar-refractivity contribution in [3.63, 3.8) is 0 Å². The van der Waals surface area contributed by atoms with E-state index in [-0.39, 0.29) is 5.92 Å². The minimum atomic E-state index is -0.00264. The Hall–Kier alpha value is -4.25. The number of H-pyrrole nitrogens is 1. The molecule has 1 N–H and O–H groups in total. The van der Waals surface area contributed by atoms with Gasteiger partial charge in [-0.05, 0) is 35.4 Å². The van der Waals surface area contributed by atoms with Crippen LogP contribution in [0.2, 0.25) is 0 Å². The smallest absolute Gasteiger partial charge is 0.119 e. The first-order chi connectivity index (χ1) is 16.7. The molecule has 0 unspecified atom stereocenters. The fourth-order valence-corrected chi connectivity index (χ4v) is 5.23. The number of rotatable bonds is 5. The van der Waals surface area contributed by atoms with E-state index in [4.69, 9.17) is 4.74 Å². The molecule has 168 valence electrons. The van der Waals surface area contributed by atoms with Crippen LogP contribution in [0.5, 0.6) is 5.75 Å². The summed E-state index contributed by atoms with van der Waals surface area (Å²) in [6.45, 7) is 0. The zero-order valence-electron chi connectivity index (χ0n) is 19.5. The van der Waals surface area contributed by atoms with Crippen LogP contribution < -0.4 is 4.74 Å². The van der Waals surface area contributed by atoms with Gasteiger partial charge < -0.3 is 13.9 Å². The summed E-state index contributed by atoms with van der Waals surface area (Å²) in [4.78, 5) is 0. The maximum Gasteiger partial charge on any atom is 0.119 e. The summed E-state index contributed by atoms with van der Waals surface area (Å²) in [7, 11) is 5.93. The van der Waals surface area contributed by atoms with Gasteiger partial charge in [-0.15, -0.1) is 0 Å². The number of benzene rings is 3. The maximum atomic E-state index is 5.50. The molecule has 0 atom stereocenters. The molecule has 0 bridgehead atoms. The fraction of sp³-hybridized carbons (Fsp3) is 0.138. The van der Waals surface area contributed by atoms with Gasteiger partial charge in [-0.3, -0.25) is 5.10 Å². The van der Waals surface area contributed by atoms with Crippen LogP contribution in [0, 0.1) is 0 Å². The van der Waals surface area contributed by atoms with E-state index >= 15 is 0 Å². The minimum absolute atomic E-state index is 0.00264. The number of nitrogens with zero attached hydrogens (tertiary/aromatic N) is 3. The topological polar surface area (TPSA) is 47.8 Å². The van der Waals surface area contributed by atoms with Crippen LogP contribution in [0.4, 0.5) is 0 Å². The van der Waals surface area contributed by atoms with Gasteiger partial charge in [0.2, 0.25) is 0 Å². The first-order valence-corrected chi connectivity index (χ1v) is 11.4. The molecule has 6 aromatic rings. The molecule has 0 aliphatic rings. The lowest BCUT2D eigenvalue weighted by atomic mass is 9.84. The van der Waals surface area contributed by atoms with Crippen molar-refractivity contribution in [3.05, 3.63) is 108 Å². The molecule has 5 nitrogen and oxygen atoms in total. The van der Waals surface area contributed by atoms with Gasteiger partial charge in [0.25, 0.3) is 0 Å². The highest BCUT2D eigenvalue weighted by Crippen LogP contribution is 2.43. The van der Waals surface area contributed by atoms with Crippen LogP contribution in [0.15, 0.2) is 91.4 Å². The van der Waals surface area contributed by atoms with Crippen molar-refractivity contribution in [2.45, 2.75) is 5.92 Å². The summed E-state index contributed by atoms with van der Waals surface area (Å²) < 4.78 is 9.94. The van der Waals surface area contributed by atoms with Crippen LogP contribution in [0.3, 0.4) is 0 Å². The molecule has 0 fully saturated rings. The molecule has 0 aliphatic carbocycles. The molecule has 0 spiro atoms. The molecule has 3 aromatic heterocycles.